The molecular weight excluding hydrogens is 252 g/mol. The molecule has 0 unspecified atom stereocenters. The van der Waals surface area contributed by atoms with Crippen molar-refractivity contribution in [3.05, 3.63) is 22.8 Å². The predicted molar refractivity (Wildman–Crippen MR) is 71.7 cm³/mol. The molecule has 1 aromatic rings. The molecule has 0 atom stereocenters. The van der Waals surface area contributed by atoms with Gasteiger partial charge in [0.15, 0.2) is 0 Å². The smallest absolute Gasteiger partial charge is 0.274 e. The molecule has 1 aromatic heterocycles. The zero-order valence-corrected chi connectivity index (χ0v) is 11.2. The van der Waals surface area contributed by atoms with Crippen LogP contribution in [0.5, 0.6) is 0 Å². The second kappa shape index (κ2) is 5.54. The Kier molecular flexibility index (Phi) is 4.04. The van der Waals surface area contributed by atoms with E-state index in [0.717, 1.165) is 19.6 Å². The maximum Gasteiger partial charge on any atom is 0.274 e. The number of carbonyl (C=O) groups is 1. The number of halogens is 1. The highest BCUT2D eigenvalue weighted by molar-refractivity contribution is 6.33. The fourth-order valence-corrected chi connectivity index (χ4v) is 2.21. The number of amides is 1. The van der Waals surface area contributed by atoms with Crippen molar-refractivity contribution < 1.29 is 4.79 Å². The number of aromatic nitrogens is 1. The van der Waals surface area contributed by atoms with Crippen molar-refractivity contribution >= 4 is 23.3 Å². The van der Waals surface area contributed by atoms with Gasteiger partial charge in [-0.1, -0.05) is 18.5 Å². The molecule has 1 fully saturated rings. The van der Waals surface area contributed by atoms with Crippen LogP contribution >= 0.6 is 11.6 Å². The molecule has 0 radical (unpaired) electrons. The first-order valence-electron chi connectivity index (χ1n) is 6.05. The number of nitrogens with zero attached hydrogens (tertiary/aromatic N) is 3. The van der Waals surface area contributed by atoms with Gasteiger partial charge in [0.2, 0.25) is 0 Å². The molecule has 2 N–H and O–H groups in total. The SMILES string of the molecule is CCN1CCN(C(=O)c2nc(N)ccc2Cl)CC1. The van der Waals surface area contributed by atoms with E-state index >= 15 is 0 Å². The first-order valence-corrected chi connectivity index (χ1v) is 6.43. The van der Waals surface area contributed by atoms with E-state index in [1.165, 1.54) is 0 Å². The third kappa shape index (κ3) is 2.73. The van der Waals surface area contributed by atoms with Crippen molar-refractivity contribution in [2.24, 2.45) is 0 Å². The molecule has 2 heterocycles. The van der Waals surface area contributed by atoms with E-state index in [-0.39, 0.29) is 11.6 Å². The predicted octanol–water partition coefficient (Wildman–Crippen LogP) is 1.09. The van der Waals surface area contributed by atoms with Gasteiger partial charge in [0.25, 0.3) is 5.91 Å². The average molecular weight is 269 g/mol. The number of likely N-dealkylation sites (N-methyl/N-ethyl adjacent to an activating group) is 1. The number of nitrogen functional groups attached to an aromatic ring is 1. The Morgan fingerprint density at radius 3 is 2.67 bits per heavy atom. The van der Waals surface area contributed by atoms with Crippen LogP contribution in [0, 0.1) is 0 Å². The Morgan fingerprint density at radius 2 is 2.06 bits per heavy atom. The Hall–Kier alpha value is -1.33. The average Bonchev–Trinajstić information content (AvgIpc) is 2.41. The minimum absolute atomic E-state index is 0.136. The van der Waals surface area contributed by atoms with E-state index in [4.69, 9.17) is 17.3 Å². The minimum atomic E-state index is -0.136. The van der Waals surface area contributed by atoms with Gasteiger partial charge in [0.1, 0.15) is 11.5 Å². The molecule has 1 aliphatic heterocycles. The maximum absolute atomic E-state index is 12.3. The molecule has 1 saturated heterocycles. The van der Waals surface area contributed by atoms with Gasteiger partial charge in [0.05, 0.1) is 5.02 Å². The minimum Gasteiger partial charge on any atom is -0.384 e. The van der Waals surface area contributed by atoms with Crippen molar-refractivity contribution in [1.82, 2.24) is 14.8 Å². The van der Waals surface area contributed by atoms with E-state index in [2.05, 4.69) is 16.8 Å². The lowest BCUT2D eigenvalue weighted by Crippen LogP contribution is -2.48. The molecular formula is C12H17ClN4O. The monoisotopic (exact) mass is 268 g/mol. The number of piperazine rings is 1. The number of rotatable bonds is 2. The molecule has 0 spiro atoms. The van der Waals surface area contributed by atoms with Gasteiger partial charge in [-0.05, 0) is 18.7 Å². The number of hydrogen-bond donors (Lipinski definition) is 1. The second-order valence-corrected chi connectivity index (χ2v) is 4.70. The summed E-state index contributed by atoms with van der Waals surface area (Å²) >= 11 is 5.99. The van der Waals surface area contributed by atoms with E-state index < -0.39 is 0 Å². The first-order chi connectivity index (χ1) is 8.61. The van der Waals surface area contributed by atoms with Crippen LogP contribution in [0.1, 0.15) is 17.4 Å². The highest BCUT2D eigenvalue weighted by Gasteiger charge is 2.24. The summed E-state index contributed by atoms with van der Waals surface area (Å²) in [6.45, 7) is 6.33. The van der Waals surface area contributed by atoms with E-state index in [9.17, 15) is 4.79 Å². The van der Waals surface area contributed by atoms with Crippen molar-refractivity contribution in [2.75, 3.05) is 38.5 Å². The van der Waals surface area contributed by atoms with Crippen LogP contribution in [-0.4, -0.2) is 53.4 Å². The summed E-state index contributed by atoms with van der Waals surface area (Å²) < 4.78 is 0. The molecule has 0 saturated carbocycles. The van der Waals surface area contributed by atoms with Gasteiger partial charge in [0, 0.05) is 26.2 Å². The van der Waals surface area contributed by atoms with Crippen molar-refractivity contribution in [1.29, 1.82) is 0 Å². The van der Waals surface area contributed by atoms with Gasteiger partial charge in [-0.15, -0.1) is 0 Å². The van der Waals surface area contributed by atoms with Crippen LogP contribution < -0.4 is 5.73 Å². The lowest BCUT2D eigenvalue weighted by molar-refractivity contribution is 0.0638. The fraction of sp³-hybridized carbons (Fsp3) is 0.500. The van der Waals surface area contributed by atoms with Crippen molar-refractivity contribution in [3.8, 4) is 0 Å². The summed E-state index contributed by atoms with van der Waals surface area (Å²) in [5, 5.41) is 0.354. The summed E-state index contributed by atoms with van der Waals surface area (Å²) in [6, 6.07) is 3.20. The van der Waals surface area contributed by atoms with Crippen molar-refractivity contribution in [2.45, 2.75) is 6.92 Å². The highest BCUT2D eigenvalue weighted by Crippen LogP contribution is 2.18. The number of anilines is 1. The quantitative estimate of drug-likeness (QED) is 0.872. The molecule has 98 valence electrons. The summed E-state index contributed by atoms with van der Waals surface area (Å²) in [6.07, 6.45) is 0. The fourth-order valence-electron chi connectivity index (χ4n) is 2.02. The summed E-state index contributed by atoms with van der Waals surface area (Å²) in [7, 11) is 0. The normalized spacial score (nSPS) is 16.9. The Labute approximate surface area is 112 Å². The molecule has 1 aliphatic rings. The molecule has 6 heteroatoms. The third-order valence-electron chi connectivity index (χ3n) is 3.18. The molecule has 5 nitrogen and oxygen atoms in total. The zero-order chi connectivity index (χ0) is 13.1. The lowest BCUT2D eigenvalue weighted by atomic mass is 10.2. The zero-order valence-electron chi connectivity index (χ0n) is 10.4. The number of pyridine rings is 1. The van der Waals surface area contributed by atoms with Gasteiger partial charge >= 0.3 is 0 Å². The third-order valence-corrected chi connectivity index (χ3v) is 3.48. The Bertz CT molecular complexity index is 444. The lowest BCUT2D eigenvalue weighted by Gasteiger charge is -2.33. The molecule has 1 amide bonds. The molecule has 18 heavy (non-hydrogen) atoms. The van der Waals surface area contributed by atoms with E-state index in [1.807, 2.05) is 0 Å². The Morgan fingerprint density at radius 1 is 1.39 bits per heavy atom. The van der Waals surface area contributed by atoms with Crippen LogP contribution in [0.15, 0.2) is 12.1 Å². The van der Waals surface area contributed by atoms with Gasteiger partial charge in [-0.25, -0.2) is 4.98 Å². The molecule has 0 aliphatic carbocycles. The van der Waals surface area contributed by atoms with Crippen molar-refractivity contribution in [3.63, 3.8) is 0 Å². The van der Waals surface area contributed by atoms with Crippen LogP contribution in [0.2, 0.25) is 5.02 Å². The van der Waals surface area contributed by atoms with E-state index in [1.54, 1.807) is 17.0 Å². The number of nitrogens with two attached hydrogens (primary N) is 1. The summed E-state index contributed by atoms with van der Waals surface area (Å²) in [5.74, 6) is 0.179. The largest absolute Gasteiger partial charge is 0.384 e. The number of hydrogen-bond acceptors (Lipinski definition) is 4. The molecule has 0 aromatic carbocycles. The maximum atomic E-state index is 12.3. The standard InChI is InChI=1S/C12H17ClN4O/c1-2-16-5-7-17(8-6-16)12(18)11-9(13)3-4-10(14)15-11/h3-4H,2,5-8H2,1H3,(H2,14,15). The van der Waals surface area contributed by atoms with Gasteiger partial charge < -0.3 is 15.5 Å². The van der Waals surface area contributed by atoms with Gasteiger partial charge in [-0.2, -0.15) is 0 Å². The summed E-state index contributed by atoms with van der Waals surface area (Å²) in [5.41, 5.74) is 5.84. The van der Waals surface area contributed by atoms with Crippen LogP contribution in [0.25, 0.3) is 0 Å². The first kappa shape index (κ1) is 13.1. The van der Waals surface area contributed by atoms with Crippen LogP contribution in [0.3, 0.4) is 0 Å². The Balaban J connectivity index is 2.10. The molecule has 0 bridgehead atoms. The van der Waals surface area contributed by atoms with Gasteiger partial charge in [-0.3, -0.25) is 4.79 Å². The van der Waals surface area contributed by atoms with E-state index in [0.29, 0.717) is 23.9 Å². The van der Waals surface area contributed by atoms with Crippen LogP contribution in [0.4, 0.5) is 5.82 Å². The van der Waals surface area contributed by atoms with Crippen LogP contribution in [-0.2, 0) is 0 Å². The second-order valence-electron chi connectivity index (χ2n) is 4.29. The highest BCUT2D eigenvalue weighted by atomic mass is 35.5. The summed E-state index contributed by atoms with van der Waals surface area (Å²) in [4.78, 5) is 20.4. The number of carbonyl (C=O) groups excluding carboxylic acids is 1. The molecule has 2 rings (SSSR count). The topological polar surface area (TPSA) is 62.5 Å².